The highest BCUT2D eigenvalue weighted by Gasteiger charge is 2.51. The van der Waals surface area contributed by atoms with Gasteiger partial charge in [0.1, 0.15) is 17.3 Å². The fraction of sp³-hybridized carbons (Fsp3) is 0.591. The van der Waals surface area contributed by atoms with Crippen LogP contribution in [0, 0.1) is 0 Å². The van der Waals surface area contributed by atoms with Crippen molar-refractivity contribution in [1.82, 2.24) is 15.5 Å². The normalized spacial score (nSPS) is 25.1. The molecule has 0 saturated carbocycles. The fourth-order valence-corrected chi connectivity index (χ4v) is 4.61. The number of amides is 3. The topological polar surface area (TPSA) is 134 Å². The molecule has 5 N–H and O–H groups in total. The van der Waals surface area contributed by atoms with Crippen LogP contribution in [0.2, 0.25) is 0 Å². The molecule has 4 atom stereocenters. The number of nitrogens with one attached hydrogen (secondary N) is 2. The van der Waals surface area contributed by atoms with Crippen molar-refractivity contribution in [1.29, 1.82) is 0 Å². The zero-order valence-corrected chi connectivity index (χ0v) is 18.1. The molecule has 1 aromatic rings. The zero-order chi connectivity index (χ0) is 22.6. The van der Waals surface area contributed by atoms with E-state index in [0.29, 0.717) is 25.1 Å². The van der Waals surface area contributed by atoms with Crippen LogP contribution >= 0.6 is 0 Å². The second-order valence-electron chi connectivity index (χ2n) is 8.40. The Kier molecular flexibility index (Phi) is 7.17. The van der Waals surface area contributed by atoms with Crippen molar-refractivity contribution < 1.29 is 24.2 Å². The van der Waals surface area contributed by atoms with E-state index in [1.54, 1.807) is 12.0 Å². The number of aliphatic hydroxyl groups is 1. The number of hydrogen-bond donors (Lipinski definition) is 4. The summed E-state index contributed by atoms with van der Waals surface area (Å²) >= 11 is 0. The molecule has 2 aliphatic rings. The van der Waals surface area contributed by atoms with Crippen molar-refractivity contribution in [3.63, 3.8) is 0 Å². The third-order valence-electron chi connectivity index (χ3n) is 6.24. The lowest BCUT2D eigenvalue weighted by Crippen LogP contribution is -2.64. The monoisotopic (exact) mass is 432 g/mol. The SMILES string of the molecule is COc1cccc(CC2(C(=O)N[C@H](C(N)=O)[C@@H](C)O)CCCN2C(=O)[C@@H]2CCCN2)c1. The van der Waals surface area contributed by atoms with Crippen LogP contribution in [0.5, 0.6) is 5.75 Å². The summed E-state index contributed by atoms with van der Waals surface area (Å²) in [6, 6.07) is 5.81. The summed E-state index contributed by atoms with van der Waals surface area (Å²) in [5, 5.41) is 15.8. The Bertz CT molecular complexity index is 824. The lowest BCUT2D eigenvalue weighted by atomic mass is 9.86. The number of primary amides is 1. The van der Waals surface area contributed by atoms with Gasteiger partial charge in [-0.05, 0) is 56.8 Å². The van der Waals surface area contributed by atoms with Crippen LogP contribution < -0.4 is 21.1 Å². The van der Waals surface area contributed by atoms with Crippen LogP contribution in [0.25, 0.3) is 0 Å². The van der Waals surface area contributed by atoms with Gasteiger partial charge >= 0.3 is 0 Å². The molecule has 0 spiro atoms. The molecule has 2 heterocycles. The van der Waals surface area contributed by atoms with Gasteiger partial charge < -0.3 is 31.1 Å². The van der Waals surface area contributed by atoms with E-state index in [2.05, 4.69) is 10.6 Å². The van der Waals surface area contributed by atoms with Crippen molar-refractivity contribution >= 4 is 17.7 Å². The standard InChI is InChI=1S/C22H32N4O5/c1-14(27)18(19(23)28)25-21(30)22(13-15-6-3-7-16(12-15)31-2)9-5-11-26(22)20(29)17-8-4-10-24-17/h3,6-7,12,14,17-18,24,27H,4-5,8-11,13H2,1-2H3,(H2,23,28)(H,25,30)/t14-,17+,18+,22?/m1/s1. The van der Waals surface area contributed by atoms with Gasteiger partial charge in [-0.15, -0.1) is 0 Å². The highest BCUT2D eigenvalue weighted by Crippen LogP contribution is 2.35. The smallest absolute Gasteiger partial charge is 0.247 e. The highest BCUT2D eigenvalue weighted by molar-refractivity contribution is 5.96. The maximum absolute atomic E-state index is 13.6. The summed E-state index contributed by atoms with van der Waals surface area (Å²) in [4.78, 5) is 40.4. The van der Waals surface area contributed by atoms with Crippen LogP contribution in [0.1, 0.15) is 38.2 Å². The Morgan fingerprint density at radius 1 is 1.39 bits per heavy atom. The molecule has 0 aromatic heterocycles. The van der Waals surface area contributed by atoms with Crippen molar-refractivity contribution in [2.45, 2.75) is 62.8 Å². The van der Waals surface area contributed by atoms with Crippen molar-refractivity contribution in [3.05, 3.63) is 29.8 Å². The molecule has 0 bridgehead atoms. The van der Waals surface area contributed by atoms with E-state index in [-0.39, 0.29) is 18.4 Å². The van der Waals surface area contributed by atoms with Gasteiger partial charge in [0.25, 0.3) is 0 Å². The van der Waals surface area contributed by atoms with Crippen molar-refractivity contribution in [2.75, 3.05) is 20.2 Å². The van der Waals surface area contributed by atoms with Gasteiger partial charge in [0, 0.05) is 13.0 Å². The van der Waals surface area contributed by atoms with E-state index in [1.165, 1.54) is 6.92 Å². The number of methoxy groups -OCH3 is 1. The van der Waals surface area contributed by atoms with E-state index in [9.17, 15) is 19.5 Å². The van der Waals surface area contributed by atoms with Gasteiger partial charge in [0.2, 0.25) is 17.7 Å². The molecule has 2 fully saturated rings. The average molecular weight is 433 g/mol. The largest absolute Gasteiger partial charge is 0.497 e. The molecule has 0 radical (unpaired) electrons. The number of ether oxygens (including phenoxy) is 1. The Balaban J connectivity index is 1.96. The number of carbonyl (C=O) groups excluding carboxylic acids is 3. The number of hydrogen-bond acceptors (Lipinski definition) is 6. The molecule has 1 aromatic carbocycles. The van der Waals surface area contributed by atoms with Gasteiger partial charge in [0.05, 0.1) is 19.3 Å². The van der Waals surface area contributed by atoms with Crippen LogP contribution in [-0.4, -0.2) is 71.7 Å². The zero-order valence-electron chi connectivity index (χ0n) is 18.1. The molecule has 3 amide bonds. The molecule has 1 unspecified atom stereocenters. The summed E-state index contributed by atoms with van der Waals surface area (Å²) in [5.74, 6) is -0.766. The van der Waals surface area contributed by atoms with Gasteiger partial charge in [0.15, 0.2) is 0 Å². The Morgan fingerprint density at radius 2 is 2.16 bits per heavy atom. The molecular formula is C22H32N4O5. The summed E-state index contributed by atoms with van der Waals surface area (Å²) in [5.41, 5.74) is 5.04. The molecule has 3 rings (SSSR count). The lowest BCUT2D eigenvalue weighted by molar-refractivity contribution is -0.147. The minimum Gasteiger partial charge on any atom is -0.497 e. The third kappa shape index (κ3) is 4.83. The summed E-state index contributed by atoms with van der Waals surface area (Å²) in [7, 11) is 1.57. The molecule has 170 valence electrons. The van der Waals surface area contributed by atoms with E-state index in [1.807, 2.05) is 24.3 Å². The van der Waals surface area contributed by atoms with E-state index < -0.39 is 29.5 Å². The highest BCUT2D eigenvalue weighted by atomic mass is 16.5. The maximum atomic E-state index is 13.6. The summed E-state index contributed by atoms with van der Waals surface area (Å²) in [6.45, 7) is 2.61. The molecule has 9 heteroatoms. The van der Waals surface area contributed by atoms with Crippen LogP contribution in [0.15, 0.2) is 24.3 Å². The number of carbonyl (C=O) groups is 3. The average Bonchev–Trinajstić information content (AvgIpc) is 3.42. The predicted octanol–water partition coefficient (Wildman–Crippen LogP) is -0.298. The maximum Gasteiger partial charge on any atom is 0.247 e. The summed E-state index contributed by atoms with van der Waals surface area (Å²) < 4.78 is 5.31. The van der Waals surface area contributed by atoms with Crippen LogP contribution in [0.3, 0.4) is 0 Å². The molecule has 31 heavy (non-hydrogen) atoms. The van der Waals surface area contributed by atoms with E-state index >= 15 is 0 Å². The number of nitrogens with zero attached hydrogens (tertiary/aromatic N) is 1. The Hall–Kier alpha value is -2.65. The number of aliphatic hydroxyl groups excluding tert-OH is 1. The molecule has 2 saturated heterocycles. The van der Waals surface area contributed by atoms with Crippen molar-refractivity contribution in [3.8, 4) is 5.75 Å². The van der Waals surface area contributed by atoms with Crippen LogP contribution in [0.4, 0.5) is 0 Å². The number of nitrogens with two attached hydrogens (primary N) is 1. The minimum absolute atomic E-state index is 0.110. The van der Waals surface area contributed by atoms with Gasteiger partial charge in [-0.25, -0.2) is 0 Å². The van der Waals surface area contributed by atoms with Gasteiger partial charge in [-0.1, -0.05) is 12.1 Å². The van der Waals surface area contributed by atoms with E-state index in [4.69, 9.17) is 10.5 Å². The molecule has 9 nitrogen and oxygen atoms in total. The minimum atomic E-state index is -1.24. The third-order valence-corrected chi connectivity index (χ3v) is 6.24. The first kappa shape index (κ1) is 23.0. The molecular weight excluding hydrogens is 400 g/mol. The van der Waals surface area contributed by atoms with Crippen molar-refractivity contribution in [2.24, 2.45) is 5.73 Å². The fourth-order valence-electron chi connectivity index (χ4n) is 4.61. The predicted molar refractivity (Wildman–Crippen MR) is 114 cm³/mol. The van der Waals surface area contributed by atoms with Gasteiger partial charge in [-0.2, -0.15) is 0 Å². The number of likely N-dealkylation sites (tertiary alicyclic amines) is 1. The first-order valence-electron chi connectivity index (χ1n) is 10.7. The second kappa shape index (κ2) is 9.65. The first-order valence-corrected chi connectivity index (χ1v) is 10.7. The van der Waals surface area contributed by atoms with Crippen LogP contribution in [-0.2, 0) is 20.8 Å². The Morgan fingerprint density at radius 3 is 2.77 bits per heavy atom. The second-order valence-corrected chi connectivity index (χ2v) is 8.40. The Labute approximate surface area is 182 Å². The van der Waals surface area contributed by atoms with Gasteiger partial charge in [-0.3, -0.25) is 14.4 Å². The first-order chi connectivity index (χ1) is 14.8. The lowest BCUT2D eigenvalue weighted by Gasteiger charge is -2.39. The number of rotatable bonds is 8. The quantitative estimate of drug-likeness (QED) is 0.446. The molecule has 0 aliphatic carbocycles. The summed E-state index contributed by atoms with van der Waals surface area (Å²) in [6.07, 6.45) is 1.85. The molecule has 2 aliphatic heterocycles. The van der Waals surface area contributed by atoms with E-state index in [0.717, 1.165) is 24.9 Å². The number of benzene rings is 1.